The highest BCUT2D eigenvalue weighted by atomic mass is 32.2. The number of thioether (sulfide) groups is 2. The van der Waals surface area contributed by atoms with Gasteiger partial charge in [0.15, 0.2) is 10.2 Å². The van der Waals surface area contributed by atoms with E-state index in [4.69, 9.17) is 10.8 Å². The molecule has 0 aromatic heterocycles. The zero-order valence-corrected chi connectivity index (χ0v) is 17.0. The maximum atomic E-state index is 12.1. The summed E-state index contributed by atoms with van der Waals surface area (Å²) in [6.45, 7) is 2.91. The number of amides is 1. The van der Waals surface area contributed by atoms with Crippen molar-refractivity contribution in [3.8, 4) is 0 Å². The summed E-state index contributed by atoms with van der Waals surface area (Å²) in [5.74, 6) is -1.53. The van der Waals surface area contributed by atoms with Gasteiger partial charge in [-0.1, -0.05) is 35.7 Å². The molecule has 7 nitrogen and oxygen atoms in total. The quantitative estimate of drug-likeness (QED) is 0.583. The number of hydrogen-bond acceptors (Lipinski definition) is 7. The molecule has 28 heavy (non-hydrogen) atoms. The van der Waals surface area contributed by atoms with Crippen LogP contribution in [0.2, 0.25) is 0 Å². The van der Waals surface area contributed by atoms with Gasteiger partial charge in [-0.15, -0.1) is 0 Å². The molecule has 0 spiro atoms. The van der Waals surface area contributed by atoms with Gasteiger partial charge in [0.05, 0.1) is 0 Å². The van der Waals surface area contributed by atoms with Crippen LogP contribution in [-0.2, 0) is 19.2 Å². The Bertz CT molecular complexity index is 945. The number of carboxylic acids is 1. The molecule has 0 unspecified atom stereocenters. The first-order chi connectivity index (χ1) is 13.2. The molecule has 4 N–H and O–H groups in total. The van der Waals surface area contributed by atoms with Crippen molar-refractivity contribution < 1.29 is 24.3 Å². The number of nitrogens with one attached hydrogen (secondary N) is 1. The van der Waals surface area contributed by atoms with Gasteiger partial charge in [0.2, 0.25) is 5.91 Å². The van der Waals surface area contributed by atoms with Crippen molar-refractivity contribution in [1.82, 2.24) is 0 Å². The molecular weight excluding hydrogens is 400 g/mol. The van der Waals surface area contributed by atoms with Crippen LogP contribution >= 0.6 is 23.5 Å². The summed E-state index contributed by atoms with van der Waals surface area (Å²) in [6, 6.07) is 7.76. The number of rotatable bonds is 7. The van der Waals surface area contributed by atoms with Crippen LogP contribution in [-0.4, -0.2) is 33.3 Å². The van der Waals surface area contributed by atoms with Gasteiger partial charge in [-0.3, -0.25) is 19.2 Å². The monoisotopic (exact) mass is 420 g/mol. The largest absolute Gasteiger partial charge is 0.480 e. The van der Waals surface area contributed by atoms with Crippen molar-refractivity contribution in [1.29, 1.82) is 0 Å². The first kappa shape index (κ1) is 21.9. The van der Waals surface area contributed by atoms with E-state index < -0.39 is 12.0 Å². The summed E-state index contributed by atoms with van der Waals surface area (Å²) in [5, 5.41) is 12.9. The molecule has 0 heterocycles. The minimum Gasteiger partial charge on any atom is -0.480 e. The highest BCUT2D eigenvalue weighted by molar-refractivity contribution is 8.14. The highest BCUT2D eigenvalue weighted by Gasteiger charge is 2.16. The molecule has 0 aliphatic rings. The summed E-state index contributed by atoms with van der Waals surface area (Å²) in [7, 11) is 0. The van der Waals surface area contributed by atoms with Crippen molar-refractivity contribution >= 4 is 62.1 Å². The number of hydrogen-bond donors (Lipinski definition) is 3. The van der Waals surface area contributed by atoms with E-state index in [0.29, 0.717) is 10.6 Å². The first-order valence-electron chi connectivity index (χ1n) is 8.39. The third kappa shape index (κ3) is 6.08. The van der Waals surface area contributed by atoms with Crippen LogP contribution in [0.25, 0.3) is 10.8 Å². The van der Waals surface area contributed by atoms with Gasteiger partial charge in [-0.2, -0.15) is 0 Å². The lowest BCUT2D eigenvalue weighted by Gasteiger charge is -2.13. The summed E-state index contributed by atoms with van der Waals surface area (Å²) >= 11 is 2.10. The first-order valence-corrected chi connectivity index (χ1v) is 10.0. The Hall–Kier alpha value is -2.36. The second-order valence-corrected chi connectivity index (χ2v) is 8.49. The number of carboxylic acid groups (broad SMARTS) is 1. The average Bonchev–Trinajstić information content (AvgIpc) is 2.58. The predicted octanol–water partition coefficient (Wildman–Crippen LogP) is 3.25. The molecule has 0 radical (unpaired) electrons. The maximum absolute atomic E-state index is 12.1. The zero-order chi connectivity index (χ0) is 20.8. The number of aliphatic carboxylic acids is 1. The van der Waals surface area contributed by atoms with E-state index in [-0.39, 0.29) is 29.0 Å². The minimum absolute atomic E-state index is 0.0171. The smallest absolute Gasteiger partial charge is 0.320 e. The molecule has 2 rings (SSSR count). The summed E-state index contributed by atoms with van der Waals surface area (Å²) in [5.41, 5.74) is 5.90. The van der Waals surface area contributed by atoms with Crippen LogP contribution in [0.15, 0.2) is 40.1 Å². The van der Waals surface area contributed by atoms with E-state index in [9.17, 15) is 19.2 Å². The van der Waals surface area contributed by atoms with E-state index in [1.807, 2.05) is 12.1 Å². The Morgan fingerprint density at radius 2 is 1.71 bits per heavy atom. The standard InChI is InChI=1S/C19H20N2O5S2/c1-10(22)27-15-5-3-4-12-8-13(9-16(18(12)15)28-11(2)23)21-17(24)7-6-14(20)19(25)26/h3-5,8-9,14H,6-7,20H2,1-2H3,(H,21,24)(H,25,26)/t14-/m0/s1. The predicted molar refractivity (Wildman–Crippen MR) is 110 cm³/mol. The van der Waals surface area contributed by atoms with Crippen LogP contribution in [0.4, 0.5) is 5.69 Å². The molecule has 0 saturated heterocycles. The highest BCUT2D eigenvalue weighted by Crippen LogP contribution is 2.38. The molecule has 0 fully saturated rings. The van der Waals surface area contributed by atoms with E-state index in [2.05, 4.69) is 5.32 Å². The number of fused-ring (bicyclic) bond motifs is 1. The Morgan fingerprint density at radius 3 is 2.32 bits per heavy atom. The van der Waals surface area contributed by atoms with Crippen LogP contribution in [0.1, 0.15) is 26.7 Å². The van der Waals surface area contributed by atoms with E-state index in [1.165, 1.54) is 13.8 Å². The Kier molecular flexibility index (Phi) is 7.61. The van der Waals surface area contributed by atoms with Gasteiger partial charge in [0.1, 0.15) is 6.04 Å². The third-order valence-electron chi connectivity index (χ3n) is 3.69. The van der Waals surface area contributed by atoms with Crippen molar-refractivity contribution in [2.24, 2.45) is 5.73 Å². The zero-order valence-electron chi connectivity index (χ0n) is 15.4. The van der Waals surface area contributed by atoms with E-state index >= 15 is 0 Å². The molecule has 0 aliphatic heterocycles. The maximum Gasteiger partial charge on any atom is 0.320 e. The molecule has 0 saturated carbocycles. The van der Waals surface area contributed by atoms with Crippen molar-refractivity contribution in [3.63, 3.8) is 0 Å². The van der Waals surface area contributed by atoms with Gasteiger partial charge >= 0.3 is 5.97 Å². The minimum atomic E-state index is -1.16. The molecule has 1 atom stereocenters. The van der Waals surface area contributed by atoms with Crippen molar-refractivity contribution in [3.05, 3.63) is 30.3 Å². The number of benzene rings is 2. The molecule has 1 amide bonds. The van der Waals surface area contributed by atoms with Crippen LogP contribution < -0.4 is 11.1 Å². The fraction of sp³-hybridized carbons (Fsp3) is 0.263. The number of carbonyl (C=O) groups excluding carboxylic acids is 3. The molecule has 2 aromatic carbocycles. The SMILES string of the molecule is CC(=O)Sc1cccc2cc(NC(=O)CC[C@H](N)C(=O)O)cc(SC(C)=O)c12. The fourth-order valence-electron chi connectivity index (χ4n) is 2.54. The van der Waals surface area contributed by atoms with Gasteiger partial charge in [-0.05, 0) is 30.0 Å². The number of carbonyl (C=O) groups is 4. The Labute approximate surface area is 170 Å². The average molecular weight is 421 g/mol. The van der Waals surface area contributed by atoms with Crippen LogP contribution in [0.5, 0.6) is 0 Å². The fourth-order valence-corrected chi connectivity index (χ4v) is 4.21. The lowest BCUT2D eigenvalue weighted by atomic mass is 10.1. The normalized spacial score (nSPS) is 11.8. The summed E-state index contributed by atoms with van der Waals surface area (Å²) in [4.78, 5) is 47.5. The summed E-state index contributed by atoms with van der Waals surface area (Å²) in [6.07, 6.45) is -0.0237. The van der Waals surface area contributed by atoms with Gasteiger partial charge in [0, 0.05) is 41.1 Å². The van der Waals surface area contributed by atoms with Gasteiger partial charge in [-0.25, -0.2) is 0 Å². The van der Waals surface area contributed by atoms with Gasteiger partial charge in [0.25, 0.3) is 0 Å². The lowest BCUT2D eigenvalue weighted by molar-refractivity contribution is -0.138. The molecular formula is C19H20N2O5S2. The Morgan fingerprint density at radius 1 is 1.07 bits per heavy atom. The second kappa shape index (κ2) is 9.72. The van der Waals surface area contributed by atoms with E-state index in [0.717, 1.165) is 39.2 Å². The number of nitrogens with two attached hydrogens (primary N) is 1. The van der Waals surface area contributed by atoms with Crippen molar-refractivity contribution in [2.45, 2.75) is 42.5 Å². The Balaban J connectivity index is 2.35. The number of anilines is 1. The topological polar surface area (TPSA) is 127 Å². The van der Waals surface area contributed by atoms with E-state index in [1.54, 1.807) is 18.2 Å². The lowest BCUT2D eigenvalue weighted by Crippen LogP contribution is -2.31. The molecule has 148 valence electrons. The van der Waals surface area contributed by atoms with Crippen molar-refractivity contribution in [2.75, 3.05) is 5.32 Å². The van der Waals surface area contributed by atoms with Crippen LogP contribution in [0, 0.1) is 0 Å². The third-order valence-corrected chi connectivity index (χ3v) is 5.37. The van der Waals surface area contributed by atoms with Crippen LogP contribution in [0.3, 0.4) is 0 Å². The molecule has 0 aliphatic carbocycles. The van der Waals surface area contributed by atoms with Gasteiger partial charge < -0.3 is 16.2 Å². The molecule has 2 aromatic rings. The molecule has 9 heteroatoms. The summed E-state index contributed by atoms with van der Waals surface area (Å²) < 4.78 is 0. The molecule has 0 bridgehead atoms. The second-order valence-electron chi connectivity index (χ2n) is 6.05.